The summed E-state index contributed by atoms with van der Waals surface area (Å²) < 4.78 is 5.46. The fourth-order valence-electron chi connectivity index (χ4n) is 4.36. The van der Waals surface area contributed by atoms with Gasteiger partial charge in [0.25, 0.3) is 0 Å². The van der Waals surface area contributed by atoms with Gasteiger partial charge >= 0.3 is 0 Å². The lowest BCUT2D eigenvalue weighted by Gasteiger charge is -2.36. The molecule has 0 spiro atoms. The number of allylic oxidation sites excluding steroid dienone is 4. The molecule has 0 amide bonds. The SMILES string of the molecule is C=C/C=C\C=C(/N)N1CCN(Cc2cc(CNCC3CCNCC3)cc(OC)c2O)CC1. The van der Waals surface area contributed by atoms with Crippen molar-refractivity contribution in [2.75, 3.05) is 52.9 Å². The van der Waals surface area contributed by atoms with Crippen molar-refractivity contribution in [2.45, 2.75) is 25.9 Å². The van der Waals surface area contributed by atoms with Gasteiger partial charge in [0.1, 0.15) is 0 Å². The second kappa shape index (κ2) is 12.5. The molecule has 7 nitrogen and oxygen atoms in total. The second-order valence-corrected chi connectivity index (χ2v) is 8.61. The van der Waals surface area contributed by atoms with Crippen molar-refractivity contribution in [3.63, 3.8) is 0 Å². The van der Waals surface area contributed by atoms with Gasteiger partial charge in [-0.15, -0.1) is 0 Å². The zero-order chi connectivity index (χ0) is 22.8. The van der Waals surface area contributed by atoms with Crippen LogP contribution >= 0.6 is 0 Å². The molecule has 2 saturated heterocycles. The third kappa shape index (κ3) is 7.02. The van der Waals surface area contributed by atoms with Gasteiger partial charge in [0.15, 0.2) is 11.5 Å². The van der Waals surface area contributed by atoms with E-state index in [4.69, 9.17) is 10.5 Å². The molecule has 5 N–H and O–H groups in total. The largest absolute Gasteiger partial charge is 0.504 e. The Kier molecular flexibility index (Phi) is 9.46. The van der Waals surface area contributed by atoms with Crippen LogP contribution in [-0.4, -0.2) is 67.8 Å². The number of aromatic hydroxyl groups is 1. The third-order valence-corrected chi connectivity index (χ3v) is 6.30. The lowest BCUT2D eigenvalue weighted by atomic mass is 9.98. The number of piperazine rings is 1. The molecule has 2 aliphatic heterocycles. The quantitative estimate of drug-likeness (QED) is 0.414. The van der Waals surface area contributed by atoms with Crippen molar-refractivity contribution < 1.29 is 9.84 Å². The summed E-state index contributed by atoms with van der Waals surface area (Å²) in [5.41, 5.74) is 8.24. The maximum Gasteiger partial charge on any atom is 0.162 e. The van der Waals surface area contributed by atoms with E-state index >= 15 is 0 Å². The third-order valence-electron chi connectivity index (χ3n) is 6.30. The average Bonchev–Trinajstić information content (AvgIpc) is 2.82. The van der Waals surface area contributed by atoms with Crippen LogP contribution in [0.5, 0.6) is 11.5 Å². The van der Waals surface area contributed by atoms with Crippen molar-refractivity contribution in [1.29, 1.82) is 0 Å². The molecule has 2 aliphatic rings. The number of nitrogens with two attached hydrogens (primary N) is 1. The molecule has 0 radical (unpaired) electrons. The van der Waals surface area contributed by atoms with Gasteiger partial charge < -0.3 is 31.1 Å². The first-order chi connectivity index (χ1) is 15.6. The maximum absolute atomic E-state index is 10.7. The second-order valence-electron chi connectivity index (χ2n) is 8.61. The summed E-state index contributed by atoms with van der Waals surface area (Å²) >= 11 is 0. The van der Waals surface area contributed by atoms with Crippen molar-refractivity contribution in [1.82, 2.24) is 20.4 Å². The van der Waals surface area contributed by atoms with Gasteiger partial charge in [-0.05, 0) is 62.2 Å². The summed E-state index contributed by atoms with van der Waals surface area (Å²) in [5, 5.41) is 17.7. The summed E-state index contributed by atoms with van der Waals surface area (Å²) in [7, 11) is 1.61. The predicted molar refractivity (Wildman–Crippen MR) is 130 cm³/mol. The van der Waals surface area contributed by atoms with Crippen LogP contribution in [0.1, 0.15) is 24.0 Å². The first-order valence-corrected chi connectivity index (χ1v) is 11.6. The highest BCUT2D eigenvalue weighted by molar-refractivity contribution is 5.48. The topological polar surface area (TPSA) is 86.0 Å². The highest BCUT2D eigenvalue weighted by Crippen LogP contribution is 2.32. The Balaban J connectivity index is 1.56. The molecule has 176 valence electrons. The normalized spacial score (nSPS) is 18.9. The van der Waals surface area contributed by atoms with Crippen LogP contribution in [0, 0.1) is 5.92 Å². The van der Waals surface area contributed by atoms with Crippen LogP contribution in [0.2, 0.25) is 0 Å². The molecule has 3 rings (SSSR count). The van der Waals surface area contributed by atoms with E-state index in [9.17, 15) is 5.11 Å². The minimum absolute atomic E-state index is 0.242. The monoisotopic (exact) mass is 441 g/mol. The number of piperidine rings is 1. The van der Waals surface area contributed by atoms with Gasteiger partial charge in [-0.1, -0.05) is 24.8 Å². The van der Waals surface area contributed by atoms with Gasteiger partial charge in [0.05, 0.1) is 12.9 Å². The summed E-state index contributed by atoms with van der Waals surface area (Å²) in [5.74, 6) is 2.29. The van der Waals surface area contributed by atoms with E-state index in [1.54, 1.807) is 13.2 Å². The minimum atomic E-state index is 0.242. The Labute approximate surface area is 192 Å². The highest BCUT2D eigenvalue weighted by atomic mass is 16.5. The van der Waals surface area contributed by atoms with Crippen molar-refractivity contribution in [3.05, 3.63) is 60.0 Å². The maximum atomic E-state index is 10.7. The van der Waals surface area contributed by atoms with E-state index in [1.165, 1.54) is 12.8 Å². The van der Waals surface area contributed by atoms with Crippen LogP contribution in [0.15, 0.2) is 48.8 Å². The van der Waals surface area contributed by atoms with E-state index in [2.05, 4.69) is 33.1 Å². The number of nitrogens with zero attached hydrogens (tertiary/aromatic N) is 2. The molecule has 0 unspecified atom stereocenters. The van der Waals surface area contributed by atoms with Gasteiger partial charge in [0, 0.05) is 44.8 Å². The number of methoxy groups -OCH3 is 1. The van der Waals surface area contributed by atoms with Gasteiger partial charge in [-0.2, -0.15) is 0 Å². The number of phenolic OH excluding ortho intramolecular Hbond substituents is 1. The van der Waals surface area contributed by atoms with Gasteiger partial charge in [0.2, 0.25) is 0 Å². The number of rotatable bonds is 10. The van der Waals surface area contributed by atoms with Crippen molar-refractivity contribution in [3.8, 4) is 11.5 Å². The first kappa shape index (κ1) is 24.2. The van der Waals surface area contributed by atoms with Crippen LogP contribution < -0.4 is 21.1 Å². The molecule has 0 bridgehead atoms. The zero-order valence-electron chi connectivity index (χ0n) is 19.4. The van der Waals surface area contributed by atoms with Crippen LogP contribution in [0.3, 0.4) is 0 Å². The summed E-state index contributed by atoms with van der Waals surface area (Å²) in [6.07, 6.45) is 9.88. The Bertz CT molecular complexity index is 794. The smallest absolute Gasteiger partial charge is 0.162 e. The predicted octanol–water partition coefficient (Wildman–Crippen LogP) is 2.15. The van der Waals surface area contributed by atoms with E-state index in [1.807, 2.05) is 24.3 Å². The van der Waals surface area contributed by atoms with E-state index in [0.717, 1.165) is 75.2 Å². The molecular formula is C25H39N5O2. The minimum Gasteiger partial charge on any atom is -0.504 e. The molecule has 32 heavy (non-hydrogen) atoms. The number of phenols is 1. The molecule has 1 aromatic rings. The Hall–Kier alpha value is -2.48. The Morgan fingerprint density at radius 1 is 1.25 bits per heavy atom. The summed E-state index contributed by atoms with van der Waals surface area (Å²) in [6.45, 7) is 11.9. The van der Waals surface area contributed by atoms with Crippen molar-refractivity contribution in [2.24, 2.45) is 11.7 Å². The number of nitrogens with one attached hydrogen (secondary N) is 2. The molecule has 0 aromatic heterocycles. The van der Waals surface area contributed by atoms with Gasteiger partial charge in [-0.3, -0.25) is 4.90 Å². The fourth-order valence-corrected chi connectivity index (χ4v) is 4.36. The molecule has 1 aromatic carbocycles. The number of benzene rings is 1. The molecule has 0 atom stereocenters. The van der Waals surface area contributed by atoms with Crippen molar-refractivity contribution >= 4 is 0 Å². The molecule has 2 fully saturated rings. The first-order valence-electron chi connectivity index (χ1n) is 11.6. The molecule has 0 saturated carbocycles. The zero-order valence-corrected chi connectivity index (χ0v) is 19.4. The van der Waals surface area contributed by atoms with E-state index < -0.39 is 0 Å². The van der Waals surface area contributed by atoms with Crippen LogP contribution in [0.4, 0.5) is 0 Å². The number of hydrogen-bond donors (Lipinski definition) is 4. The number of hydrogen-bond acceptors (Lipinski definition) is 7. The molecule has 0 aliphatic carbocycles. The molecule has 2 heterocycles. The standard InChI is InChI=1S/C25H39N5O2/c1-3-4-5-6-24(26)30-13-11-29(12-14-30)19-22-15-21(16-23(32-2)25(22)31)18-28-17-20-7-9-27-10-8-20/h3-6,15-16,20,27-28,31H,1,7-14,17-19,26H2,2H3/b5-4-,24-6+. The van der Waals surface area contributed by atoms with Crippen LogP contribution in [-0.2, 0) is 13.1 Å². The highest BCUT2D eigenvalue weighted by Gasteiger charge is 2.20. The van der Waals surface area contributed by atoms with Gasteiger partial charge in [-0.25, -0.2) is 0 Å². The van der Waals surface area contributed by atoms with E-state index in [0.29, 0.717) is 12.3 Å². The lowest BCUT2D eigenvalue weighted by Crippen LogP contribution is -2.46. The lowest BCUT2D eigenvalue weighted by molar-refractivity contribution is 0.150. The Morgan fingerprint density at radius 3 is 2.69 bits per heavy atom. The Morgan fingerprint density at radius 2 is 2.00 bits per heavy atom. The summed E-state index contributed by atoms with van der Waals surface area (Å²) in [6, 6.07) is 4.04. The van der Waals surface area contributed by atoms with Crippen LogP contribution in [0.25, 0.3) is 0 Å². The summed E-state index contributed by atoms with van der Waals surface area (Å²) in [4.78, 5) is 4.54. The number of ether oxygens (including phenoxy) is 1. The average molecular weight is 442 g/mol. The fraction of sp³-hybridized carbons (Fsp3) is 0.520. The molecule has 7 heteroatoms. The van der Waals surface area contributed by atoms with E-state index in [-0.39, 0.29) is 5.75 Å². The molecular weight excluding hydrogens is 402 g/mol.